The topological polar surface area (TPSA) is 58.9 Å². The Bertz CT molecular complexity index is 386. The highest BCUT2D eigenvalue weighted by molar-refractivity contribution is 5.43. The van der Waals surface area contributed by atoms with Gasteiger partial charge in [0.15, 0.2) is 6.23 Å². The number of anilines is 1. The molecule has 1 aromatic rings. The molecule has 2 rings (SSSR count). The van der Waals surface area contributed by atoms with Crippen LogP contribution < -0.4 is 5.43 Å². The van der Waals surface area contributed by atoms with Crippen molar-refractivity contribution in [2.24, 2.45) is 10.3 Å². The highest BCUT2D eigenvalue weighted by Crippen LogP contribution is 2.15. The first kappa shape index (κ1) is 11.0. The Hall–Kier alpha value is -1.49. The highest BCUT2D eigenvalue weighted by atomic mass is 16.5. The van der Waals surface area contributed by atoms with Crippen LogP contribution in [0.3, 0.4) is 0 Å². The van der Waals surface area contributed by atoms with E-state index in [9.17, 15) is 0 Å². The van der Waals surface area contributed by atoms with Gasteiger partial charge >= 0.3 is 0 Å². The lowest BCUT2D eigenvalue weighted by Gasteiger charge is -2.04. The van der Waals surface area contributed by atoms with Crippen molar-refractivity contribution in [3.63, 3.8) is 0 Å². The molecule has 0 aliphatic carbocycles. The Morgan fingerprint density at radius 2 is 2.38 bits per heavy atom. The molecule has 1 unspecified atom stereocenters. The second kappa shape index (κ2) is 5.03. The van der Waals surface area contributed by atoms with Crippen molar-refractivity contribution in [1.29, 1.82) is 0 Å². The third-order valence-electron chi connectivity index (χ3n) is 2.46. The zero-order valence-corrected chi connectivity index (χ0v) is 9.60. The van der Waals surface area contributed by atoms with Crippen molar-refractivity contribution in [1.82, 2.24) is 4.98 Å². The number of hydrogen-bond acceptors (Lipinski definition) is 4. The fourth-order valence-electron chi connectivity index (χ4n) is 1.62. The Labute approximate surface area is 94.9 Å². The Morgan fingerprint density at radius 3 is 3.06 bits per heavy atom. The first-order chi connectivity index (χ1) is 7.75. The molecule has 1 fully saturated rings. The molecular formula is C11H16N4O. The molecule has 0 aromatic carbocycles. The quantitative estimate of drug-likeness (QED) is 0.629. The number of pyridine rings is 1. The van der Waals surface area contributed by atoms with Gasteiger partial charge in [-0.15, -0.1) is 5.11 Å². The Balaban J connectivity index is 1.93. The summed E-state index contributed by atoms with van der Waals surface area (Å²) < 4.78 is 5.32. The van der Waals surface area contributed by atoms with Gasteiger partial charge in [-0.05, 0) is 37.8 Å². The number of rotatable bonds is 3. The Kier molecular flexibility index (Phi) is 3.46. The normalized spacial score (nSPS) is 20.5. The van der Waals surface area contributed by atoms with E-state index in [1.54, 1.807) is 6.20 Å². The molecule has 16 heavy (non-hydrogen) atoms. The van der Waals surface area contributed by atoms with Crippen molar-refractivity contribution < 1.29 is 4.74 Å². The first-order valence-corrected chi connectivity index (χ1v) is 5.46. The first-order valence-electron chi connectivity index (χ1n) is 5.46. The summed E-state index contributed by atoms with van der Waals surface area (Å²) in [6, 6.07) is 2.05. The van der Waals surface area contributed by atoms with E-state index in [2.05, 4.69) is 26.8 Å². The number of nitrogens with one attached hydrogen (secondary N) is 1. The van der Waals surface area contributed by atoms with Gasteiger partial charge in [0, 0.05) is 12.8 Å². The minimum Gasteiger partial charge on any atom is -0.355 e. The lowest BCUT2D eigenvalue weighted by Crippen LogP contribution is -2.01. The number of aryl methyl sites for hydroxylation is 2. The standard InChI is InChI=1S/C11H16N4O/c1-8-6-9(2)11(12-7-8)14-15-13-10-4-3-5-16-10/h6-7,10H,3-5H2,1-2H3,(H,12,13,14). The summed E-state index contributed by atoms with van der Waals surface area (Å²) in [5.74, 6) is 0.743. The van der Waals surface area contributed by atoms with E-state index < -0.39 is 0 Å². The maximum absolute atomic E-state index is 5.32. The molecule has 1 aliphatic heterocycles. The average molecular weight is 220 g/mol. The van der Waals surface area contributed by atoms with Crippen LogP contribution in [0.5, 0.6) is 0 Å². The van der Waals surface area contributed by atoms with Gasteiger partial charge in [-0.2, -0.15) is 0 Å². The third-order valence-corrected chi connectivity index (χ3v) is 2.46. The Morgan fingerprint density at radius 1 is 1.50 bits per heavy atom. The van der Waals surface area contributed by atoms with Crippen LogP contribution in [0.4, 0.5) is 5.82 Å². The zero-order valence-electron chi connectivity index (χ0n) is 9.60. The van der Waals surface area contributed by atoms with Gasteiger partial charge in [-0.25, -0.2) is 10.4 Å². The molecule has 0 spiro atoms. The molecule has 1 atom stereocenters. The van der Waals surface area contributed by atoms with Gasteiger partial charge in [-0.1, -0.05) is 11.3 Å². The molecule has 86 valence electrons. The van der Waals surface area contributed by atoms with Crippen molar-refractivity contribution in [2.45, 2.75) is 32.9 Å². The monoisotopic (exact) mass is 220 g/mol. The predicted molar refractivity (Wildman–Crippen MR) is 61.2 cm³/mol. The van der Waals surface area contributed by atoms with Crippen molar-refractivity contribution in [2.75, 3.05) is 12.0 Å². The van der Waals surface area contributed by atoms with E-state index in [-0.39, 0.29) is 6.23 Å². The van der Waals surface area contributed by atoms with E-state index in [1.807, 2.05) is 13.8 Å². The lowest BCUT2D eigenvalue weighted by atomic mass is 10.2. The minimum absolute atomic E-state index is 0.0849. The lowest BCUT2D eigenvalue weighted by molar-refractivity contribution is 0.112. The van der Waals surface area contributed by atoms with E-state index in [4.69, 9.17) is 4.74 Å². The molecule has 0 saturated carbocycles. The molecule has 5 nitrogen and oxygen atoms in total. The summed E-state index contributed by atoms with van der Waals surface area (Å²) in [6.07, 6.45) is 3.73. The van der Waals surface area contributed by atoms with E-state index >= 15 is 0 Å². The third kappa shape index (κ3) is 2.76. The van der Waals surface area contributed by atoms with Crippen LogP contribution in [-0.2, 0) is 4.74 Å². The number of nitrogens with zero attached hydrogens (tertiary/aromatic N) is 3. The summed E-state index contributed by atoms with van der Waals surface area (Å²) in [6.45, 7) is 4.78. The van der Waals surface area contributed by atoms with Gasteiger partial charge < -0.3 is 4.74 Å². The number of aromatic nitrogens is 1. The summed E-state index contributed by atoms with van der Waals surface area (Å²) in [5.41, 5.74) is 5.03. The predicted octanol–water partition coefficient (Wildman–Crippen LogP) is 2.61. The van der Waals surface area contributed by atoms with Crippen LogP contribution in [0.2, 0.25) is 0 Å². The van der Waals surface area contributed by atoms with Crippen LogP contribution in [-0.4, -0.2) is 17.8 Å². The van der Waals surface area contributed by atoms with Crippen LogP contribution in [0, 0.1) is 13.8 Å². The molecule has 0 bridgehead atoms. The highest BCUT2D eigenvalue weighted by Gasteiger charge is 2.13. The summed E-state index contributed by atoms with van der Waals surface area (Å²) in [4.78, 5) is 4.24. The molecule has 1 saturated heterocycles. The van der Waals surface area contributed by atoms with Crippen molar-refractivity contribution >= 4 is 5.82 Å². The van der Waals surface area contributed by atoms with Crippen LogP contribution in [0.25, 0.3) is 0 Å². The second-order valence-electron chi connectivity index (χ2n) is 3.97. The minimum atomic E-state index is -0.0849. The van der Waals surface area contributed by atoms with Crippen LogP contribution in [0.15, 0.2) is 22.6 Å². The molecule has 5 heteroatoms. The second-order valence-corrected chi connectivity index (χ2v) is 3.97. The fraction of sp³-hybridized carbons (Fsp3) is 0.545. The smallest absolute Gasteiger partial charge is 0.170 e. The molecule has 0 amide bonds. The summed E-state index contributed by atoms with van der Waals surface area (Å²) in [7, 11) is 0. The molecule has 0 radical (unpaired) electrons. The van der Waals surface area contributed by atoms with Crippen LogP contribution >= 0.6 is 0 Å². The molecule has 2 heterocycles. The SMILES string of the molecule is Cc1cnc(NN=NC2CCCO2)c(C)c1. The molecule has 1 aromatic heterocycles. The summed E-state index contributed by atoms with van der Waals surface area (Å²) in [5, 5.41) is 7.94. The maximum atomic E-state index is 5.32. The van der Waals surface area contributed by atoms with Gasteiger partial charge in [0.05, 0.1) is 0 Å². The fourth-order valence-corrected chi connectivity index (χ4v) is 1.62. The van der Waals surface area contributed by atoms with E-state index in [1.165, 1.54) is 0 Å². The molecular weight excluding hydrogens is 204 g/mol. The van der Waals surface area contributed by atoms with E-state index in [0.717, 1.165) is 36.4 Å². The largest absolute Gasteiger partial charge is 0.355 e. The van der Waals surface area contributed by atoms with Gasteiger partial charge in [0.1, 0.15) is 5.82 Å². The molecule has 1 aliphatic rings. The van der Waals surface area contributed by atoms with Crippen molar-refractivity contribution in [3.8, 4) is 0 Å². The number of ether oxygens (including phenoxy) is 1. The van der Waals surface area contributed by atoms with Gasteiger partial charge in [0.25, 0.3) is 0 Å². The van der Waals surface area contributed by atoms with E-state index in [0.29, 0.717) is 0 Å². The number of hydrogen-bond donors (Lipinski definition) is 1. The summed E-state index contributed by atoms with van der Waals surface area (Å²) >= 11 is 0. The maximum Gasteiger partial charge on any atom is 0.170 e. The average Bonchev–Trinajstić information content (AvgIpc) is 2.74. The van der Waals surface area contributed by atoms with Gasteiger partial charge in [-0.3, -0.25) is 0 Å². The molecule has 1 N–H and O–H groups in total. The van der Waals surface area contributed by atoms with Crippen LogP contribution in [0.1, 0.15) is 24.0 Å². The zero-order chi connectivity index (χ0) is 11.4. The van der Waals surface area contributed by atoms with Gasteiger partial charge in [0.2, 0.25) is 0 Å². The van der Waals surface area contributed by atoms with Crippen molar-refractivity contribution in [3.05, 3.63) is 23.4 Å².